The van der Waals surface area contributed by atoms with Crippen molar-refractivity contribution in [2.75, 3.05) is 62.4 Å². The quantitative estimate of drug-likeness (QED) is 0.458. The molecule has 2 aliphatic heterocycles. The lowest BCUT2D eigenvalue weighted by molar-refractivity contribution is 0.122. The molecule has 0 unspecified atom stereocenters. The molecule has 1 aromatic heterocycles. The molecule has 0 radical (unpaired) electrons. The number of morpholine rings is 2. The summed E-state index contributed by atoms with van der Waals surface area (Å²) in [5.74, 6) is 0. The third kappa shape index (κ3) is 4.43. The number of ether oxygens (including phenoxy) is 2. The van der Waals surface area contributed by atoms with Gasteiger partial charge in [-0.3, -0.25) is 0 Å². The molecule has 0 N–H and O–H groups in total. The molecule has 3 aromatic rings. The first-order valence-corrected chi connectivity index (χ1v) is 12.1. The maximum atomic E-state index is 6.23. The fourth-order valence-corrected chi connectivity index (χ4v) is 5.82. The smallest absolute Gasteiger partial charge is 0.102 e. The Kier molecular flexibility index (Phi) is 6.39. The van der Waals surface area contributed by atoms with E-state index in [1.165, 1.54) is 32.3 Å². The van der Waals surface area contributed by atoms with Crippen molar-refractivity contribution in [1.82, 2.24) is 0 Å². The van der Waals surface area contributed by atoms with Crippen LogP contribution in [-0.4, -0.2) is 52.6 Å². The number of benzene rings is 2. The summed E-state index contributed by atoms with van der Waals surface area (Å²) in [4.78, 5) is 6.20. The topological polar surface area (TPSA) is 24.9 Å². The van der Waals surface area contributed by atoms with Crippen LogP contribution in [0.5, 0.6) is 0 Å². The number of hydrogen-bond acceptors (Lipinski definition) is 5. The highest BCUT2D eigenvalue weighted by atomic mass is 35.5. The van der Waals surface area contributed by atoms with E-state index in [4.69, 9.17) is 32.7 Å². The first kappa shape index (κ1) is 21.1. The summed E-state index contributed by atoms with van der Waals surface area (Å²) in [7, 11) is 0. The van der Waals surface area contributed by atoms with Crippen LogP contribution in [0.25, 0.3) is 21.6 Å². The van der Waals surface area contributed by atoms with E-state index in [9.17, 15) is 0 Å². The second-order valence-corrected chi connectivity index (χ2v) is 9.54. The first-order valence-electron chi connectivity index (χ1n) is 10.5. The minimum atomic E-state index is 0.739. The van der Waals surface area contributed by atoms with E-state index in [0.717, 1.165) is 62.7 Å². The zero-order valence-corrected chi connectivity index (χ0v) is 19.5. The average molecular weight is 475 g/mol. The van der Waals surface area contributed by atoms with Crippen molar-refractivity contribution >= 4 is 45.2 Å². The largest absolute Gasteiger partial charge is 0.378 e. The third-order valence-electron chi connectivity index (χ3n) is 5.73. The van der Waals surface area contributed by atoms with Gasteiger partial charge in [0.2, 0.25) is 0 Å². The molecule has 0 amide bonds. The Morgan fingerprint density at radius 3 is 1.68 bits per heavy atom. The molecule has 7 heteroatoms. The summed E-state index contributed by atoms with van der Waals surface area (Å²) in [6.07, 6.45) is 0. The third-order valence-corrected chi connectivity index (χ3v) is 7.52. The molecule has 0 atom stereocenters. The molecule has 2 saturated heterocycles. The van der Waals surface area contributed by atoms with Crippen molar-refractivity contribution in [3.63, 3.8) is 0 Å². The van der Waals surface area contributed by atoms with Crippen molar-refractivity contribution in [3.8, 4) is 21.6 Å². The Bertz CT molecular complexity index is 1020. The molecular weight excluding hydrogens is 451 g/mol. The molecule has 162 valence electrons. The van der Waals surface area contributed by atoms with Crippen molar-refractivity contribution < 1.29 is 9.47 Å². The molecule has 4 nitrogen and oxygen atoms in total. The second-order valence-electron chi connectivity index (χ2n) is 7.67. The fourth-order valence-electron chi connectivity index (χ4n) is 4.16. The first-order chi connectivity index (χ1) is 15.2. The Hall–Kier alpha value is -1.76. The number of hydrogen-bond donors (Lipinski definition) is 0. The molecule has 0 spiro atoms. The van der Waals surface area contributed by atoms with Crippen molar-refractivity contribution in [2.45, 2.75) is 0 Å². The number of halogens is 2. The van der Waals surface area contributed by atoms with E-state index >= 15 is 0 Å². The van der Waals surface area contributed by atoms with Crippen molar-refractivity contribution in [1.29, 1.82) is 0 Å². The summed E-state index contributed by atoms with van der Waals surface area (Å²) in [6.45, 7) is 6.52. The van der Waals surface area contributed by atoms with E-state index in [0.29, 0.717) is 0 Å². The van der Waals surface area contributed by atoms with E-state index in [-0.39, 0.29) is 0 Å². The van der Waals surface area contributed by atoms with Gasteiger partial charge in [0, 0.05) is 41.8 Å². The second kappa shape index (κ2) is 9.39. The van der Waals surface area contributed by atoms with Gasteiger partial charge in [-0.25, -0.2) is 0 Å². The lowest BCUT2D eigenvalue weighted by atomic mass is 10.0. The van der Waals surface area contributed by atoms with Crippen LogP contribution < -0.4 is 9.80 Å². The van der Waals surface area contributed by atoms with Crippen LogP contribution in [0.3, 0.4) is 0 Å². The predicted molar refractivity (Wildman–Crippen MR) is 131 cm³/mol. The van der Waals surface area contributed by atoms with Gasteiger partial charge in [-0.15, -0.1) is 11.3 Å². The van der Waals surface area contributed by atoms with Crippen LogP contribution in [0, 0.1) is 0 Å². The SMILES string of the molecule is Clc1ccc(-c2sc(N3CCOCC3)c(-c3ccc(Cl)cc3)c2N2CCOCC2)cc1. The molecule has 2 aliphatic rings. The van der Waals surface area contributed by atoms with Crippen LogP contribution >= 0.6 is 34.5 Å². The molecule has 0 aliphatic carbocycles. The minimum absolute atomic E-state index is 0.739. The van der Waals surface area contributed by atoms with E-state index in [2.05, 4.69) is 34.1 Å². The zero-order chi connectivity index (χ0) is 21.2. The molecule has 3 heterocycles. The molecule has 31 heavy (non-hydrogen) atoms. The summed E-state index contributed by atoms with van der Waals surface area (Å²) in [5, 5.41) is 2.79. The zero-order valence-electron chi connectivity index (χ0n) is 17.2. The Labute approximate surface area is 196 Å². The molecular formula is C24H24Cl2N2O2S. The normalized spacial score (nSPS) is 17.2. The van der Waals surface area contributed by atoms with Gasteiger partial charge in [-0.2, -0.15) is 0 Å². The van der Waals surface area contributed by atoms with E-state index in [1.807, 2.05) is 35.6 Å². The van der Waals surface area contributed by atoms with Crippen molar-refractivity contribution in [2.24, 2.45) is 0 Å². The van der Waals surface area contributed by atoms with Gasteiger partial charge in [-0.1, -0.05) is 47.5 Å². The Morgan fingerprint density at radius 2 is 1.13 bits per heavy atom. The molecule has 2 fully saturated rings. The predicted octanol–water partition coefficient (Wildman–Crippen LogP) is 6.06. The highest BCUT2D eigenvalue weighted by Crippen LogP contribution is 2.53. The number of rotatable bonds is 4. The van der Waals surface area contributed by atoms with Crippen LogP contribution in [-0.2, 0) is 9.47 Å². The average Bonchev–Trinajstić information content (AvgIpc) is 3.22. The lowest BCUT2D eigenvalue weighted by Gasteiger charge is -2.32. The number of nitrogens with zero attached hydrogens (tertiary/aromatic N) is 2. The van der Waals surface area contributed by atoms with Gasteiger partial charge >= 0.3 is 0 Å². The van der Waals surface area contributed by atoms with E-state index < -0.39 is 0 Å². The van der Waals surface area contributed by atoms with Gasteiger partial charge in [0.15, 0.2) is 0 Å². The Morgan fingerprint density at radius 1 is 0.645 bits per heavy atom. The number of thiophene rings is 1. The fraction of sp³-hybridized carbons (Fsp3) is 0.333. The summed E-state index contributed by atoms with van der Waals surface area (Å²) in [6, 6.07) is 16.4. The van der Waals surface area contributed by atoms with E-state index in [1.54, 1.807) is 0 Å². The number of anilines is 2. The van der Waals surface area contributed by atoms with Crippen LogP contribution in [0.1, 0.15) is 0 Å². The van der Waals surface area contributed by atoms with Crippen LogP contribution in [0.4, 0.5) is 10.7 Å². The highest BCUT2D eigenvalue weighted by Gasteiger charge is 2.29. The minimum Gasteiger partial charge on any atom is -0.378 e. The maximum absolute atomic E-state index is 6.23. The molecule has 2 aromatic carbocycles. The van der Waals surface area contributed by atoms with Gasteiger partial charge in [0.05, 0.1) is 37.0 Å². The molecule has 0 saturated carbocycles. The standard InChI is InChI=1S/C24H24Cl2N2O2S/c25-19-5-1-17(2-6-19)21-22(27-9-13-29-14-10-27)23(18-3-7-20(26)8-4-18)31-24(21)28-11-15-30-16-12-28/h1-8H,9-16H2. The Balaban J connectivity index is 1.73. The molecule has 0 bridgehead atoms. The lowest BCUT2D eigenvalue weighted by Crippen LogP contribution is -2.37. The summed E-state index contributed by atoms with van der Waals surface area (Å²) >= 11 is 14.3. The monoisotopic (exact) mass is 474 g/mol. The molecule has 5 rings (SSSR count). The maximum Gasteiger partial charge on any atom is 0.102 e. The highest BCUT2D eigenvalue weighted by molar-refractivity contribution is 7.21. The van der Waals surface area contributed by atoms with Gasteiger partial charge < -0.3 is 19.3 Å². The van der Waals surface area contributed by atoms with Crippen LogP contribution in [0.2, 0.25) is 10.0 Å². The van der Waals surface area contributed by atoms with Gasteiger partial charge in [0.1, 0.15) is 5.00 Å². The van der Waals surface area contributed by atoms with Crippen molar-refractivity contribution in [3.05, 3.63) is 58.6 Å². The van der Waals surface area contributed by atoms with Crippen LogP contribution in [0.15, 0.2) is 48.5 Å². The summed E-state index contributed by atoms with van der Waals surface area (Å²) in [5.41, 5.74) is 4.92. The summed E-state index contributed by atoms with van der Waals surface area (Å²) < 4.78 is 11.3. The van der Waals surface area contributed by atoms with Gasteiger partial charge in [-0.05, 0) is 35.4 Å². The van der Waals surface area contributed by atoms with Gasteiger partial charge in [0.25, 0.3) is 0 Å².